The highest BCUT2D eigenvalue weighted by atomic mass is 16.5. The highest BCUT2D eigenvalue weighted by Gasteiger charge is 2.21. The van der Waals surface area contributed by atoms with Crippen molar-refractivity contribution in [2.45, 2.75) is 0 Å². The fourth-order valence-electron chi connectivity index (χ4n) is 1.90. The average molecular weight is 303 g/mol. The summed E-state index contributed by atoms with van der Waals surface area (Å²) in [6, 6.07) is 3.43. The van der Waals surface area contributed by atoms with Crippen LogP contribution >= 0.6 is 0 Å². The van der Waals surface area contributed by atoms with Gasteiger partial charge in [0.15, 0.2) is 0 Å². The Morgan fingerprint density at radius 3 is 2.86 bits per heavy atom. The van der Waals surface area contributed by atoms with Gasteiger partial charge >= 0.3 is 0 Å². The number of carbonyl (C=O) groups is 2. The Kier molecular flexibility index (Phi) is 4.72. The summed E-state index contributed by atoms with van der Waals surface area (Å²) in [6.45, 7) is -0.0915. The summed E-state index contributed by atoms with van der Waals surface area (Å²) in [6.07, 6.45) is 4.69. The summed E-state index contributed by atoms with van der Waals surface area (Å²) >= 11 is 0. The zero-order valence-electron chi connectivity index (χ0n) is 12.6. The molecular formula is C14H17N5O3. The number of hydrogen-bond donors (Lipinski definition) is 1. The van der Waals surface area contributed by atoms with Crippen LogP contribution in [0, 0.1) is 0 Å². The number of anilines is 1. The topological polar surface area (TPSA) is 89.4 Å². The predicted octanol–water partition coefficient (Wildman–Crippen LogP) is 0.534. The number of nitrogens with one attached hydrogen (secondary N) is 1. The molecule has 0 aliphatic heterocycles. The van der Waals surface area contributed by atoms with E-state index < -0.39 is 0 Å². The molecular weight excluding hydrogens is 286 g/mol. The Morgan fingerprint density at radius 2 is 2.23 bits per heavy atom. The predicted molar refractivity (Wildman–Crippen MR) is 79.6 cm³/mol. The second kappa shape index (κ2) is 6.70. The molecule has 0 radical (unpaired) electrons. The molecule has 2 heterocycles. The van der Waals surface area contributed by atoms with Gasteiger partial charge in [0.1, 0.15) is 5.56 Å². The van der Waals surface area contributed by atoms with E-state index in [1.165, 1.54) is 29.9 Å². The summed E-state index contributed by atoms with van der Waals surface area (Å²) in [5.74, 6) is -0.426. The van der Waals surface area contributed by atoms with E-state index in [2.05, 4.69) is 15.4 Å². The number of likely N-dealkylation sites (N-methyl/N-ethyl adjacent to an activating group) is 1. The van der Waals surface area contributed by atoms with Crippen LogP contribution in [0.4, 0.5) is 5.69 Å². The van der Waals surface area contributed by atoms with Gasteiger partial charge in [0.2, 0.25) is 11.8 Å². The van der Waals surface area contributed by atoms with Crippen molar-refractivity contribution in [3.8, 4) is 5.88 Å². The monoisotopic (exact) mass is 303 g/mol. The van der Waals surface area contributed by atoms with Crippen LogP contribution in [0.1, 0.15) is 10.4 Å². The second-order valence-corrected chi connectivity index (χ2v) is 4.68. The maximum atomic E-state index is 12.3. The van der Waals surface area contributed by atoms with E-state index in [1.54, 1.807) is 31.6 Å². The summed E-state index contributed by atoms with van der Waals surface area (Å²) in [7, 11) is 4.67. The molecule has 0 unspecified atom stereocenters. The lowest BCUT2D eigenvalue weighted by Gasteiger charge is -2.16. The van der Waals surface area contributed by atoms with E-state index in [-0.39, 0.29) is 24.2 Å². The fraction of sp³-hybridized carbons (Fsp3) is 0.286. The number of nitrogens with zero attached hydrogens (tertiary/aromatic N) is 4. The van der Waals surface area contributed by atoms with Crippen molar-refractivity contribution in [1.29, 1.82) is 0 Å². The number of carbonyl (C=O) groups excluding carboxylic acids is 2. The largest absolute Gasteiger partial charge is 0.479 e. The maximum absolute atomic E-state index is 12.3. The van der Waals surface area contributed by atoms with Gasteiger partial charge in [-0.05, 0) is 12.1 Å². The number of rotatable bonds is 5. The Balaban J connectivity index is 2.00. The number of hydrogen-bond acceptors (Lipinski definition) is 5. The van der Waals surface area contributed by atoms with Crippen LogP contribution in [0.2, 0.25) is 0 Å². The van der Waals surface area contributed by atoms with Gasteiger partial charge in [0.25, 0.3) is 5.91 Å². The molecule has 8 nitrogen and oxygen atoms in total. The van der Waals surface area contributed by atoms with Crippen molar-refractivity contribution >= 4 is 17.5 Å². The van der Waals surface area contributed by atoms with Gasteiger partial charge < -0.3 is 15.0 Å². The molecule has 0 spiro atoms. The highest BCUT2D eigenvalue weighted by Crippen LogP contribution is 2.16. The van der Waals surface area contributed by atoms with Gasteiger partial charge in [-0.25, -0.2) is 0 Å². The smallest absolute Gasteiger partial charge is 0.261 e. The quantitative estimate of drug-likeness (QED) is 0.870. The number of pyridine rings is 1. The minimum Gasteiger partial charge on any atom is -0.479 e. The Bertz CT molecular complexity index is 668. The van der Waals surface area contributed by atoms with Crippen LogP contribution in [0.15, 0.2) is 30.7 Å². The first-order valence-corrected chi connectivity index (χ1v) is 6.54. The SMILES string of the molecule is COc1nn(C)cc1C(=O)N(C)CC(=O)Nc1cccnc1. The molecule has 2 amide bonds. The highest BCUT2D eigenvalue weighted by molar-refractivity contribution is 6.00. The third-order valence-electron chi connectivity index (χ3n) is 2.89. The maximum Gasteiger partial charge on any atom is 0.261 e. The van der Waals surface area contributed by atoms with Gasteiger partial charge in [-0.1, -0.05) is 0 Å². The van der Waals surface area contributed by atoms with Crippen LogP contribution in [-0.2, 0) is 11.8 Å². The van der Waals surface area contributed by atoms with Crippen molar-refractivity contribution in [2.24, 2.45) is 7.05 Å². The fourth-order valence-corrected chi connectivity index (χ4v) is 1.90. The van der Waals surface area contributed by atoms with Crippen molar-refractivity contribution in [2.75, 3.05) is 26.0 Å². The molecule has 0 aliphatic rings. The van der Waals surface area contributed by atoms with Gasteiger partial charge in [-0.15, -0.1) is 5.10 Å². The zero-order valence-corrected chi connectivity index (χ0v) is 12.6. The molecule has 2 rings (SSSR count). The number of aryl methyl sites for hydroxylation is 1. The molecule has 8 heteroatoms. The normalized spacial score (nSPS) is 10.1. The summed E-state index contributed by atoms with van der Waals surface area (Å²) < 4.78 is 6.53. The van der Waals surface area contributed by atoms with Crippen LogP contribution in [-0.4, -0.2) is 52.2 Å². The van der Waals surface area contributed by atoms with Gasteiger partial charge in [-0.3, -0.25) is 19.3 Å². The van der Waals surface area contributed by atoms with E-state index in [0.717, 1.165) is 0 Å². The van der Waals surface area contributed by atoms with Crippen LogP contribution < -0.4 is 10.1 Å². The van der Waals surface area contributed by atoms with E-state index in [1.807, 2.05) is 0 Å². The van der Waals surface area contributed by atoms with Gasteiger partial charge in [0.05, 0.1) is 25.5 Å². The minimum atomic E-state index is -0.341. The molecule has 22 heavy (non-hydrogen) atoms. The first-order valence-electron chi connectivity index (χ1n) is 6.54. The lowest BCUT2D eigenvalue weighted by molar-refractivity contribution is -0.116. The van der Waals surface area contributed by atoms with E-state index in [4.69, 9.17) is 4.74 Å². The van der Waals surface area contributed by atoms with Gasteiger partial charge in [-0.2, -0.15) is 0 Å². The number of ether oxygens (including phenoxy) is 1. The average Bonchev–Trinajstić information content (AvgIpc) is 2.88. The summed E-state index contributed by atoms with van der Waals surface area (Å²) in [5, 5.41) is 6.68. The third kappa shape index (κ3) is 3.60. The molecule has 0 fully saturated rings. The zero-order chi connectivity index (χ0) is 16.1. The molecule has 0 saturated carbocycles. The van der Waals surface area contributed by atoms with Crippen molar-refractivity contribution < 1.29 is 14.3 Å². The molecule has 0 aliphatic carbocycles. The lowest BCUT2D eigenvalue weighted by Crippen LogP contribution is -2.35. The lowest BCUT2D eigenvalue weighted by atomic mass is 10.3. The first kappa shape index (κ1) is 15.5. The molecule has 0 saturated heterocycles. The molecule has 0 atom stereocenters. The minimum absolute atomic E-state index is 0.0915. The van der Waals surface area contributed by atoms with E-state index in [0.29, 0.717) is 11.3 Å². The number of amides is 2. The number of methoxy groups -OCH3 is 1. The van der Waals surface area contributed by atoms with E-state index >= 15 is 0 Å². The second-order valence-electron chi connectivity index (χ2n) is 4.68. The molecule has 2 aromatic rings. The Hall–Kier alpha value is -2.90. The summed E-state index contributed by atoms with van der Waals surface area (Å²) in [4.78, 5) is 29.5. The third-order valence-corrected chi connectivity index (χ3v) is 2.89. The molecule has 0 bridgehead atoms. The number of aromatic nitrogens is 3. The molecule has 2 aromatic heterocycles. The van der Waals surface area contributed by atoms with Crippen LogP contribution in [0.3, 0.4) is 0 Å². The van der Waals surface area contributed by atoms with Crippen LogP contribution in [0.5, 0.6) is 5.88 Å². The molecule has 0 aromatic carbocycles. The standard InChI is InChI=1S/C14H17N5O3/c1-18(9-12(20)16-10-5-4-6-15-7-10)14(21)11-8-19(2)17-13(11)22-3/h4-8H,9H2,1-3H3,(H,16,20). The van der Waals surface area contributed by atoms with Crippen molar-refractivity contribution in [3.63, 3.8) is 0 Å². The molecule has 116 valence electrons. The van der Waals surface area contributed by atoms with Crippen molar-refractivity contribution in [3.05, 3.63) is 36.3 Å². The Morgan fingerprint density at radius 1 is 1.45 bits per heavy atom. The van der Waals surface area contributed by atoms with E-state index in [9.17, 15) is 9.59 Å². The van der Waals surface area contributed by atoms with Gasteiger partial charge in [0, 0.05) is 26.5 Å². The molecule has 1 N–H and O–H groups in total. The first-order chi connectivity index (χ1) is 10.5. The Labute approximate surface area is 127 Å². The van der Waals surface area contributed by atoms with Crippen LogP contribution in [0.25, 0.3) is 0 Å². The van der Waals surface area contributed by atoms with Crippen molar-refractivity contribution in [1.82, 2.24) is 19.7 Å². The summed E-state index contributed by atoms with van der Waals surface area (Å²) in [5.41, 5.74) is 0.883.